The molecule has 32 heavy (non-hydrogen) atoms. The van der Waals surface area contributed by atoms with Gasteiger partial charge in [0.2, 0.25) is 0 Å². The summed E-state index contributed by atoms with van der Waals surface area (Å²) in [4.78, 5) is 32.6. The van der Waals surface area contributed by atoms with Crippen molar-refractivity contribution in [2.24, 2.45) is 0 Å². The van der Waals surface area contributed by atoms with Gasteiger partial charge >= 0.3 is 5.97 Å². The second-order valence-corrected chi connectivity index (χ2v) is 8.28. The first-order valence-corrected chi connectivity index (χ1v) is 11.0. The Hall–Kier alpha value is -3.65. The number of ether oxygens (including phenoxy) is 2. The molecule has 0 aliphatic rings. The lowest BCUT2D eigenvalue weighted by atomic mass is 10.0. The van der Waals surface area contributed by atoms with Crippen LogP contribution < -0.4 is 10.1 Å². The summed E-state index contributed by atoms with van der Waals surface area (Å²) in [5.74, 6) is -0.207. The molecule has 2 N–H and O–H groups in total. The van der Waals surface area contributed by atoms with E-state index >= 15 is 0 Å². The number of fused-ring (bicyclic) bond motifs is 1. The maximum Gasteiger partial charge on any atom is 0.328 e. The molecule has 1 atom stereocenters. The number of para-hydroxylation sites is 1. The van der Waals surface area contributed by atoms with E-state index in [0.717, 1.165) is 27.8 Å². The minimum absolute atomic E-state index is 0.241. The van der Waals surface area contributed by atoms with E-state index in [1.807, 2.05) is 61.7 Å². The molecule has 0 aliphatic heterocycles. The van der Waals surface area contributed by atoms with E-state index in [1.165, 1.54) is 18.4 Å². The van der Waals surface area contributed by atoms with Crippen LogP contribution in [0.15, 0.2) is 60.1 Å². The van der Waals surface area contributed by atoms with Crippen LogP contribution >= 0.6 is 11.3 Å². The number of amides is 1. The predicted molar refractivity (Wildman–Crippen MR) is 123 cm³/mol. The Morgan fingerprint density at radius 2 is 1.94 bits per heavy atom. The van der Waals surface area contributed by atoms with Gasteiger partial charge in [-0.05, 0) is 30.7 Å². The first-order chi connectivity index (χ1) is 15.5. The molecule has 164 valence electrons. The number of benzene rings is 2. The fourth-order valence-electron chi connectivity index (χ4n) is 3.35. The van der Waals surface area contributed by atoms with Crippen molar-refractivity contribution >= 4 is 34.1 Å². The van der Waals surface area contributed by atoms with Gasteiger partial charge in [0.1, 0.15) is 29.1 Å². The maximum absolute atomic E-state index is 12.8. The highest BCUT2D eigenvalue weighted by atomic mass is 32.1. The molecule has 2 heterocycles. The van der Waals surface area contributed by atoms with E-state index in [9.17, 15) is 9.59 Å². The van der Waals surface area contributed by atoms with E-state index in [-0.39, 0.29) is 12.3 Å². The molecule has 0 unspecified atom stereocenters. The topological polar surface area (TPSA) is 93.3 Å². The number of hydrogen-bond acceptors (Lipinski definition) is 6. The van der Waals surface area contributed by atoms with Gasteiger partial charge in [-0.1, -0.05) is 35.9 Å². The van der Waals surface area contributed by atoms with Crippen molar-refractivity contribution in [3.05, 3.63) is 81.9 Å². The molecular formula is C24H23N3O4S. The van der Waals surface area contributed by atoms with Crippen LogP contribution in [-0.4, -0.2) is 35.0 Å². The molecule has 1 amide bonds. The number of hydrogen-bond donors (Lipinski definition) is 2. The van der Waals surface area contributed by atoms with Crippen LogP contribution in [0.2, 0.25) is 0 Å². The minimum Gasteiger partial charge on any atom is -0.486 e. The van der Waals surface area contributed by atoms with Gasteiger partial charge in [-0.3, -0.25) is 4.79 Å². The van der Waals surface area contributed by atoms with Crippen LogP contribution in [0, 0.1) is 6.92 Å². The Labute approximate surface area is 189 Å². The van der Waals surface area contributed by atoms with Gasteiger partial charge in [0.25, 0.3) is 5.91 Å². The average Bonchev–Trinajstić information content (AvgIpc) is 3.45. The number of methoxy groups -OCH3 is 1. The van der Waals surface area contributed by atoms with Gasteiger partial charge < -0.3 is 19.8 Å². The molecule has 0 spiro atoms. The van der Waals surface area contributed by atoms with E-state index in [2.05, 4.69) is 15.3 Å². The zero-order valence-corrected chi connectivity index (χ0v) is 18.6. The molecule has 0 bridgehead atoms. The monoisotopic (exact) mass is 449 g/mol. The lowest BCUT2D eigenvalue weighted by Gasteiger charge is -2.15. The average molecular weight is 450 g/mol. The van der Waals surface area contributed by atoms with Crippen LogP contribution in [-0.2, 0) is 22.6 Å². The Morgan fingerprint density at radius 1 is 1.16 bits per heavy atom. The number of rotatable bonds is 8. The summed E-state index contributed by atoms with van der Waals surface area (Å²) in [5.41, 5.74) is 3.28. The van der Waals surface area contributed by atoms with Crippen LogP contribution in [0.25, 0.3) is 10.9 Å². The summed E-state index contributed by atoms with van der Waals surface area (Å²) < 4.78 is 10.6. The van der Waals surface area contributed by atoms with Gasteiger partial charge in [0, 0.05) is 28.9 Å². The molecule has 4 aromatic rings. The lowest BCUT2D eigenvalue weighted by Crippen LogP contribution is -2.43. The van der Waals surface area contributed by atoms with Crippen LogP contribution in [0.1, 0.15) is 26.6 Å². The fourth-order valence-corrected chi connectivity index (χ4v) is 4.03. The zero-order valence-electron chi connectivity index (χ0n) is 17.8. The molecule has 8 heteroatoms. The van der Waals surface area contributed by atoms with E-state index < -0.39 is 17.9 Å². The number of aromatic amines is 1. The molecule has 0 radical (unpaired) electrons. The van der Waals surface area contributed by atoms with Crippen molar-refractivity contribution in [1.82, 2.24) is 15.3 Å². The summed E-state index contributed by atoms with van der Waals surface area (Å²) >= 11 is 1.33. The van der Waals surface area contributed by atoms with E-state index in [1.54, 1.807) is 5.38 Å². The Morgan fingerprint density at radius 3 is 2.72 bits per heavy atom. The normalized spacial score (nSPS) is 11.8. The number of carbonyl (C=O) groups is 2. The zero-order chi connectivity index (χ0) is 22.5. The maximum atomic E-state index is 12.8. The standard InChI is InChI=1S/C24H23N3O4S/c1-15-7-9-17(10-8-15)31-13-22-26-21(14-32-22)23(28)27-20(24(29)30-2)11-16-12-25-19-6-4-3-5-18(16)19/h3-10,12,14,20,25H,11,13H2,1-2H3,(H,27,28)/t20-/m0/s1. The van der Waals surface area contributed by atoms with Crippen molar-refractivity contribution in [3.8, 4) is 5.75 Å². The third-order valence-corrected chi connectivity index (χ3v) is 5.88. The van der Waals surface area contributed by atoms with Crippen molar-refractivity contribution in [1.29, 1.82) is 0 Å². The summed E-state index contributed by atoms with van der Waals surface area (Å²) in [6.07, 6.45) is 2.14. The Balaban J connectivity index is 1.42. The van der Waals surface area contributed by atoms with Crippen molar-refractivity contribution < 1.29 is 19.1 Å². The van der Waals surface area contributed by atoms with Crippen molar-refractivity contribution in [2.75, 3.05) is 7.11 Å². The highest BCUT2D eigenvalue weighted by Gasteiger charge is 2.25. The van der Waals surface area contributed by atoms with Gasteiger partial charge in [-0.15, -0.1) is 11.3 Å². The third kappa shape index (κ3) is 4.97. The van der Waals surface area contributed by atoms with Gasteiger partial charge in [-0.25, -0.2) is 9.78 Å². The first kappa shape index (κ1) is 21.6. The second kappa shape index (κ2) is 9.65. The molecule has 0 fully saturated rings. The number of aryl methyl sites for hydroxylation is 1. The quantitative estimate of drug-likeness (QED) is 0.396. The number of nitrogens with zero attached hydrogens (tertiary/aromatic N) is 1. The SMILES string of the molecule is COC(=O)[C@H](Cc1c[nH]c2ccccc12)NC(=O)c1csc(COc2ccc(C)cc2)n1. The fraction of sp³-hybridized carbons (Fsp3) is 0.208. The third-order valence-electron chi connectivity index (χ3n) is 5.06. The van der Waals surface area contributed by atoms with Crippen LogP contribution in [0.4, 0.5) is 0 Å². The molecule has 7 nitrogen and oxygen atoms in total. The van der Waals surface area contributed by atoms with E-state index in [4.69, 9.17) is 9.47 Å². The first-order valence-electron chi connectivity index (χ1n) is 10.1. The molecule has 0 saturated heterocycles. The Bertz CT molecular complexity index is 1230. The molecule has 2 aromatic heterocycles. The minimum atomic E-state index is -0.833. The predicted octanol–water partition coefficient (Wildman–Crippen LogP) is 4.03. The summed E-state index contributed by atoms with van der Waals surface area (Å²) in [6, 6.07) is 14.7. The van der Waals surface area contributed by atoms with Gasteiger partial charge in [-0.2, -0.15) is 0 Å². The number of nitrogens with one attached hydrogen (secondary N) is 2. The van der Waals surface area contributed by atoms with Gasteiger partial charge in [0.15, 0.2) is 0 Å². The highest BCUT2D eigenvalue weighted by Crippen LogP contribution is 2.20. The molecular weight excluding hydrogens is 426 g/mol. The largest absolute Gasteiger partial charge is 0.486 e. The summed E-state index contributed by atoms with van der Waals surface area (Å²) in [7, 11) is 1.31. The number of esters is 1. The number of aromatic nitrogens is 2. The second-order valence-electron chi connectivity index (χ2n) is 7.34. The lowest BCUT2D eigenvalue weighted by molar-refractivity contribution is -0.142. The summed E-state index contributed by atoms with van der Waals surface area (Å²) in [6.45, 7) is 2.27. The molecule has 2 aromatic carbocycles. The Kier molecular flexibility index (Phi) is 6.51. The molecule has 4 rings (SSSR count). The summed E-state index contributed by atoms with van der Waals surface area (Å²) in [5, 5.41) is 6.08. The van der Waals surface area contributed by atoms with E-state index in [0.29, 0.717) is 11.4 Å². The van der Waals surface area contributed by atoms with Crippen LogP contribution in [0.3, 0.4) is 0 Å². The van der Waals surface area contributed by atoms with Gasteiger partial charge in [0.05, 0.1) is 7.11 Å². The van der Waals surface area contributed by atoms with Crippen LogP contribution in [0.5, 0.6) is 5.75 Å². The smallest absolute Gasteiger partial charge is 0.328 e. The molecule has 0 saturated carbocycles. The van der Waals surface area contributed by atoms with Crippen molar-refractivity contribution in [2.45, 2.75) is 26.0 Å². The van der Waals surface area contributed by atoms with Crippen molar-refractivity contribution in [3.63, 3.8) is 0 Å². The number of carbonyl (C=O) groups excluding carboxylic acids is 2. The number of H-pyrrole nitrogens is 1. The molecule has 0 aliphatic carbocycles. The number of thiazole rings is 1. The highest BCUT2D eigenvalue weighted by molar-refractivity contribution is 7.09.